The number of hydrogen-bond donors (Lipinski definition) is 0. The molecule has 6 heteroatoms. The summed E-state index contributed by atoms with van der Waals surface area (Å²) in [6, 6.07) is 7.14. The Morgan fingerprint density at radius 2 is 1.65 bits per heavy atom. The van der Waals surface area contributed by atoms with Crippen molar-refractivity contribution in [1.29, 1.82) is 0 Å². The van der Waals surface area contributed by atoms with E-state index >= 15 is 0 Å². The van der Waals surface area contributed by atoms with Crippen LogP contribution in [0.25, 0.3) is 11.4 Å². The van der Waals surface area contributed by atoms with Gasteiger partial charge in [-0.15, -0.1) is 5.10 Å². The number of nitrogens with zero attached hydrogens (tertiary/aromatic N) is 3. The third-order valence-electron chi connectivity index (χ3n) is 2.53. The standard InChI is InChI=1S/C12H12F3N3.C2H6/c1-3-18-10(9-6-4-8(2)5-7-9)16-11(17-18)12(13,14)15;1-2/h4-7H,3H2,1-2H3;1-2H3. The van der Waals surface area contributed by atoms with Gasteiger partial charge >= 0.3 is 6.18 Å². The number of rotatable bonds is 2. The van der Waals surface area contributed by atoms with Gasteiger partial charge in [0.1, 0.15) is 0 Å². The fourth-order valence-electron chi connectivity index (χ4n) is 1.60. The summed E-state index contributed by atoms with van der Waals surface area (Å²) in [5.41, 5.74) is 1.67. The smallest absolute Gasteiger partial charge is 0.245 e. The molecule has 0 unspecified atom stereocenters. The lowest BCUT2D eigenvalue weighted by atomic mass is 10.1. The normalized spacial score (nSPS) is 10.9. The summed E-state index contributed by atoms with van der Waals surface area (Å²) in [4.78, 5) is 3.58. The topological polar surface area (TPSA) is 30.7 Å². The molecular formula is C14H18F3N3. The first-order valence-corrected chi connectivity index (χ1v) is 6.51. The number of benzene rings is 1. The van der Waals surface area contributed by atoms with Gasteiger partial charge in [0.15, 0.2) is 5.82 Å². The molecule has 0 N–H and O–H groups in total. The summed E-state index contributed by atoms with van der Waals surface area (Å²) < 4.78 is 38.9. The fourth-order valence-corrected chi connectivity index (χ4v) is 1.60. The summed E-state index contributed by atoms with van der Waals surface area (Å²) in [6.45, 7) is 7.98. The highest BCUT2D eigenvalue weighted by Gasteiger charge is 2.37. The maximum absolute atomic E-state index is 12.6. The second-order valence-corrected chi connectivity index (χ2v) is 3.94. The van der Waals surface area contributed by atoms with E-state index in [1.807, 2.05) is 32.9 Å². The van der Waals surface area contributed by atoms with E-state index in [-0.39, 0.29) is 5.82 Å². The molecule has 0 bridgehead atoms. The molecule has 0 aliphatic heterocycles. The van der Waals surface area contributed by atoms with Crippen LogP contribution in [-0.2, 0) is 12.7 Å². The van der Waals surface area contributed by atoms with Crippen LogP contribution in [0.15, 0.2) is 24.3 Å². The zero-order valence-corrected chi connectivity index (χ0v) is 12.0. The van der Waals surface area contributed by atoms with Gasteiger partial charge in [0, 0.05) is 12.1 Å². The van der Waals surface area contributed by atoms with E-state index in [1.165, 1.54) is 4.68 Å². The zero-order valence-electron chi connectivity index (χ0n) is 12.0. The molecule has 0 spiro atoms. The van der Waals surface area contributed by atoms with Crippen molar-refractivity contribution in [2.24, 2.45) is 0 Å². The first kappa shape index (κ1) is 16.2. The van der Waals surface area contributed by atoms with Gasteiger partial charge in [0.2, 0.25) is 0 Å². The summed E-state index contributed by atoms with van der Waals surface area (Å²) in [7, 11) is 0. The molecule has 0 saturated heterocycles. The van der Waals surface area contributed by atoms with Gasteiger partial charge in [0.05, 0.1) is 0 Å². The molecule has 0 radical (unpaired) electrons. The highest BCUT2D eigenvalue weighted by molar-refractivity contribution is 5.55. The number of aryl methyl sites for hydroxylation is 2. The molecule has 0 amide bonds. The van der Waals surface area contributed by atoms with Gasteiger partial charge in [-0.25, -0.2) is 9.67 Å². The molecule has 0 fully saturated rings. The minimum absolute atomic E-state index is 0.241. The second-order valence-electron chi connectivity index (χ2n) is 3.94. The molecule has 3 nitrogen and oxygen atoms in total. The van der Waals surface area contributed by atoms with Crippen molar-refractivity contribution in [2.45, 2.75) is 40.4 Å². The van der Waals surface area contributed by atoms with E-state index in [1.54, 1.807) is 19.1 Å². The van der Waals surface area contributed by atoms with Crippen LogP contribution >= 0.6 is 0 Å². The predicted molar refractivity (Wildman–Crippen MR) is 72.2 cm³/mol. The van der Waals surface area contributed by atoms with E-state index in [9.17, 15) is 13.2 Å². The Labute approximate surface area is 116 Å². The lowest BCUT2D eigenvalue weighted by molar-refractivity contribution is -0.144. The number of hydrogen-bond acceptors (Lipinski definition) is 2. The van der Waals surface area contributed by atoms with E-state index in [2.05, 4.69) is 10.1 Å². The molecule has 1 aromatic carbocycles. The van der Waals surface area contributed by atoms with E-state index in [4.69, 9.17) is 0 Å². The minimum Gasteiger partial charge on any atom is -0.245 e. The van der Waals surface area contributed by atoms with Crippen LogP contribution in [0, 0.1) is 6.92 Å². The van der Waals surface area contributed by atoms with Crippen LogP contribution in [0.5, 0.6) is 0 Å². The third-order valence-corrected chi connectivity index (χ3v) is 2.53. The molecule has 1 aromatic heterocycles. The molecule has 0 saturated carbocycles. The van der Waals surface area contributed by atoms with Gasteiger partial charge in [0.25, 0.3) is 5.82 Å². The average Bonchev–Trinajstić information content (AvgIpc) is 2.86. The van der Waals surface area contributed by atoms with Crippen molar-refractivity contribution < 1.29 is 13.2 Å². The quantitative estimate of drug-likeness (QED) is 0.822. The Hall–Kier alpha value is -1.85. The molecule has 0 aliphatic carbocycles. The summed E-state index contributed by atoms with van der Waals surface area (Å²) in [6.07, 6.45) is -4.51. The van der Waals surface area contributed by atoms with Gasteiger partial charge in [-0.05, 0) is 13.8 Å². The van der Waals surface area contributed by atoms with Crippen LogP contribution in [0.3, 0.4) is 0 Å². The first-order chi connectivity index (χ1) is 9.41. The van der Waals surface area contributed by atoms with E-state index < -0.39 is 12.0 Å². The average molecular weight is 285 g/mol. The maximum atomic E-state index is 12.6. The lowest BCUT2D eigenvalue weighted by Gasteiger charge is -2.02. The zero-order chi connectivity index (χ0) is 15.3. The van der Waals surface area contributed by atoms with Gasteiger partial charge in [-0.2, -0.15) is 13.2 Å². The van der Waals surface area contributed by atoms with Crippen molar-refractivity contribution in [3.8, 4) is 11.4 Å². The van der Waals surface area contributed by atoms with Gasteiger partial charge < -0.3 is 0 Å². The fraction of sp³-hybridized carbons (Fsp3) is 0.429. The number of alkyl halides is 3. The van der Waals surface area contributed by atoms with Crippen LogP contribution in [-0.4, -0.2) is 14.8 Å². The molecule has 2 rings (SSSR count). The first-order valence-electron chi connectivity index (χ1n) is 6.51. The Balaban J connectivity index is 0.000000956. The Bertz CT molecular complexity index is 542. The molecule has 110 valence electrons. The molecule has 20 heavy (non-hydrogen) atoms. The van der Waals surface area contributed by atoms with Crippen LogP contribution in [0.4, 0.5) is 13.2 Å². The lowest BCUT2D eigenvalue weighted by Crippen LogP contribution is -2.08. The van der Waals surface area contributed by atoms with Crippen molar-refractivity contribution >= 4 is 0 Å². The van der Waals surface area contributed by atoms with Gasteiger partial charge in [-0.1, -0.05) is 43.7 Å². The van der Waals surface area contributed by atoms with Crippen LogP contribution in [0.1, 0.15) is 32.2 Å². The minimum atomic E-state index is -4.51. The highest BCUT2D eigenvalue weighted by atomic mass is 19.4. The number of aromatic nitrogens is 3. The third kappa shape index (κ3) is 3.59. The summed E-state index contributed by atoms with van der Waals surface area (Å²) >= 11 is 0. The highest BCUT2D eigenvalue weighted by Crippen LogP contribution is 2.28. The Morgan fingerprint density at radius 3 is 2.10 bits per heavy atom. The van der Waals surface area contributed by atoms with Crippen LogP contribution < -0.4 is 0 Å². The Kier molecular flexibility index (Phi) is 5.30. The molecular weight excluding hydrogens is 267 g/mol. The van der Waals surface area contributed by atoms with Crippen molar-refractivity contribution in [3.63, 3.8) is 0 Å². The van der Waals surface area contributed by atoms with Crippen LogP contribution in [0.2, 0.25) is 0 Å². The molecule has 1 heterocycles. The molecule has 0 atom stereocenters. The summed E-state index contributed by atoms with van der Waals surface area (Å²) in [5.74, 6) is -0.857. The van der Waals surface area contributed by atoms with Crippen molar-refractivity contribution in [1.82, 2.24) is 14.8 Å². The largest absolute Gasteiger partial charge is 0.453 e. The van der Waals surface area contributed by atoms with Crippen molar-refractivity contribution in [2.75, 3.05) is 0 Å². The molecule has 0 aliphatic rings. The maximum Gasteiger partial charge on any atom is 0.453 e. The van der Waals surface area contributed by atoms with Crippen molar-refractivity contribution in [3.05, 3.63) is 35.7 Å². The number of halogens is 3. The predicted octanol–water partition coefficient (Wildman–Crippen LogP) is 4.32. The second kappa shape index (κ2) is 6.54. The van der Waals surface area contributed by atoms with E-state index in [0.29, 0.717) is 12.1 Å². The Morgan fingerprint density at radius 1 is 1.10 bits per heavy atom. The monoisotopic (exact) mass is 285 g/mol. The molecule has 2 aromatic rings. The SMILES string of the molecule is CC.CCn1nc(C(F)(F)F)nc1-c1ccc(C)cc1. The summed E-state index contributed by atoms with van der Waals surface area (Å²) in [5, 5.41) is 3.48. The van der Waals surface area contributed by atoms with E-state index in [0.717, 1.165) is 5.56 Å². The van der Waals surface area contributed by atoms with Gasteiger partial charge in [-0.3, -0.25) is 0 Å².